The van der Waals surface area contributed by atoms with Gasteiger partial charge in [0.05, 0.1) is 30.9 Å². The molecule has 2 heterocycles. The molecule has 0 bridgehead atoms. The van der Waals surface area contributed by atoms with Gasteiger partial charge in [0.25, 0.3) is 0 Å². The summed E-state index contributed by atoms with van der Waals surface area (Å²) in [5, 5.41) is 4.39. The minimum Gasteiger partial charge on any atom is -0.612 e. The van der Waals surface area contributed by atoms with Gasteiger partial charge in [-0.15, -0.1) is 0 Å². The van der Waals surface area contributed by atoms with Crippen molar-refractivity contribution in [3.63, 3.8) is 0 Å². The quantitative estimate of drug-likeness (QED) is 0.497. The molecule has 2 aromatic carbocycles. The van der Waals surface area contributed by atoms with Gasteiger partial charge in [0.1, 0.15) is 17.0 Å². The summed E-state index contributed by atoms with van der Waals surface area (Å²) in [5.41, 5.74) is 3.15. The lowest BCUT2D eigenvalue weighted by Crippen LogP contribution is -2.34. The monoisotopic (exact) mass is 456 g/mol. The molecule has 0 N–H and O–H groups in total. The predicted molar refractivity (Wildman–Crippen MR) is 129 cm³/mol. The molecule has 1 aliphatic rings. The van der Waals surface area contributed by atoms with Crippen LogP contribution in [-0.4, -0.2) is 47.5 Å². The van der Waals surface area contributed by atoms with Crippen molar-refractivity contribution in [2.24, 2.45) is 0 Å². The summed E-state index contributed by atoms with van der Waals surface area (Å²) in [6.45, 7) is 5.66. The molecule has 6 nitrogen and oxygen atoms in total. The summed E-state index contributed by atoms with van der Waals surface area (Å²) >= 11 is 5.51. The van der Waals surface area contributed by atoms with Crippen molar-refractivity contribution < 1.29 is 9.29 Å². The van der Waals surface area contributed by atoms with Gasteiger partial charge >= 0.3 is 6.01 Å². The summed E-state index contributed by atoms with van der Waals surface area (Å²) in [7, 11) is 3.53. The van der Waals surface area contributed by atoms with Gasteiger partial charge in [-0.1, -0.05) is 42.4 Å². The zero-order chi connectivity index (χ0) is 22.0. The molecule has 0 aliphatic carbocycles. The van der Waals surface area contributed by atoms with E-state index in [-0.39, 0.29) is 0 Å². The maximum absolute atomic E-state index is 11.8. The van der Waals surface area contributed by atoms with Crippen LogP contribution in [0.5, 0.6) is 6.01 Å². The molecular formula is C23H25ClN4O2S. The smallest absolute Gasteiger partial charge is 0.318 e. The number of rotatable bonds is 7. The highest BCUT2D eigenvalue weighted by molar-refractivity contribution is 7.94. The largest absolute Gasteiger partial charge is 0.612 e. The fourth-order valence-corrected chi connectivity index (χ4v) is 4.86. The molecule has 0 saturated carbocycles. The number of hydrogen-bond acceptors (Lipinski definition) is 6. The highest BCUT2D eigenvalue weighted by Gasteiger charge is 2.26. The van der Waals surface area contributed by atoms with Crippen LogP contribution in [0.3, 0.4) is 0 Å². The Morgan fingerprint density at radius 1 is 1.29 bits per heavy atom. The second-order valence-corrected chi connectivity index (χ2v) is 9.33. The molecule has 1 unspecified atom stereocenters. The second-order valence-electron chi connectivity index (χ2n) is 7.42. The van der Waals surface area contributed by atoms with Crippen LogP contribution in [0.25, 0.3) is 10.8 Å². The number of fused-ring (bicyclic) bond motifs is 2. The van der Waals surface area contributed by atoms with E-state index in [9.17, 15) is 4.55 Å². The minimum atomic E-state index is -1.05. The SMILES string of the molecule is C=C[S+]([O-])CCN(C)c1nc(OC)nc2c1CCN(c1cccc3cccc(Cl)c13)C2. The molecule has 0 fully saturated rings. The van der Waals surface area contributed by atoms with Gasteiger partial charge in [0, 0.05) is 30.2 Å². The lowest BCUT2D eigenvalue weighted by atomic mass is 10.0. The number of halogens is 1. The van der Waals surface area contributed by atoms with E-state index in [2.05, 4.69) is 45.7 Å². The first kappa shape index (κ1) is 21.7. The van der Waals surface area contributed by atoms with Crippen LogP contribution < -0.4 is 14.5 Å². The normalized spacial score (nSPS) is 14.3. The lowest BCUT2D eigenvalue weighted by molar-refractivity contribution is 0.376. The first-order valence-electron chi connectivity index (χ1n) is 10.1. The van der Waals surface area contributed by atoms with Crippen molar-refractivity contribution in [1.29, 1.82) is 0 Å². The average Bonchev–Trinajstić information content (AvgIpc) is 2.80. The maximum Gasteiger partial charge on any atom is 0.318 e. The van der Waals surface area contributed by atoms with Crippen molar-refractivity contribution in [3.05, 3.63) is 64.7 Å². The van der Waals surface area contributed by atoms with Crippen LogP contribution in [0.15, 0.2) is 48.4 Å². The zero-order valence-electron chi connectivity index (χ0n) is 17.7. The number of aromatic nitrogens is 2. The van der Waals surface area contributed by atoms with Gasteiger partial charge in [-0.25, -0.2) is 0 Å². The molecule has 0 saturated heterocycles. The van der Waals surface area contributed by atoms with E-state index >= 15 is 0 Å². The first-order chi connectivity index (χ1) is 15.0. The van der Waals surface area contributed by atoms with Crippen LogP contribution in [0.1, 0.15) is 11.3 Å². The van der Waals surface area contributed by atoms with E-state index in [1.165, 1.54) is 5.41 Å². The van der Waals surface area contributed by atoms with E-state index < -0.39 is 11.2 Å². The number of benzene rings is 2. The number of nitrogens with zero attached hydrogens (tertiary/aromatic N) is 4. The van der Waals surface area contributed by atoms with E-state index in [4.69, 9.17) is 16.3 Å². The lowest BCUT2D eigenvalue weighted by Gasteiger charge is -2.33. The van der Waals surface area contributed by atoms with Gasteiger partial charge in [-0.2, -0.15) is 9.97 Å². The zero-order valence-corrected chi connectivity index (χ0v) is 19.2. The molecule has 0 spiro atoms. The molecule has 1 aromatic heterocycles. The van der Waals surface area contributed by atoms with Crippen LogP contribution in [0, 0.1) is 0 Å². The van der Waals surface area contributed by atoms with E-state index in [1.807, 2.05) is 24.1 Å². The minimum absolute atomic E-state index is 0.336. The molecular weight excluding hydrogens is 432 g/mol. The highest BCUT2D eigenvalue weighted by Crippen LogP contribution is 2.36. The Labute approximate surface area is 190 Å². The average molecular weight is 457 g/mol. The Balaban J connectivity index is 1.68. The second kappa shape index (κ2) is 9.34. The number of anilines is 2. The Morgan fingerprint density at radius 3 is 2.81 bits per heavy atom. The van der Waals surface area contributed by atoms with Crippen LogP contribution >= 0.6 is 11.6 Å². The third-order valence-electron chi connectivity index (χ3n) is 5.55. The Hall–Kier alpha value is -2.48. The van der Waals surface area contributed by atoms with E-state index in [0.717, 1.165) is 51.5 Å². The number of hydrogen-bond donors (Lipinski definition) is 0. The van der Waals surface area contributed by atoms with Gasteiger partial charge in [0.2, 0.25) is 0 Å². The van der Waals surface area contributed by atoms with Crippen LogP contribution in [-0.2, 0) is 24.1 Å². The standard InChI is InChI=1S/C23H25ClN4O2S/c1-4-31(29)14-13-27(2)22-17-11-12-28(15-19(17)25-23(26-22)30-3)20-10-6-8-16-7-5-9-18(24)21(16)20/h4-10H,1,11-15H2,2-3H3. The maximum atomic E-state index is 11.8. The molecule has 1 aliphatic heterocycles. The van der Waals surface area contributed by atoms with Gasteiger partial charge in [-0.05, 0) is 35.1 Å². The molecule has 31 heavy (non-hydrogen) atoms. The Kier molecular flexibility index (Phi) is 6.55. The van der Waals surface area contributed by atoms with Crippen molar-refractivity contribution in [3.8, 4) is 6.01 Å². The summed E-state index contributed by atoms with van der Waals surface area (Å²) in [6, 6.07) is 12.6. The van der Waals surface area contributed by atoms with Crippen molar-refractivity contribution in [2.75, 3.05) is 42.8 Å². The number of ether oxygens (including phenoxy) is 1. The molecule has 1 atom stereocenters. The van der Waals surface area contributed by atoms with Gasteiger partial charge in [-0.3, -0.25) is 0 Å². The van der Waals surface area contributed by atoms with Crippen molar-refractivity contribution >= 4 is 45.1 Å². The Morgan fingerprint density at radius 2 is 2.06 bits per heavy atom. The molecule has 8 heteroatoms. The van der Waals surface area contributed by atoms with Crippen molar-refractivity contribution in [1.82, 2.24) is 9.97 Å². The first-order valence-corrected chi connectivity index (χ1v) is 11.8. The third-order valence-corrected chi connectivity index (χ3v) is 6.82. The number of methoxy groups -OCH3 is 1. The molecule has 0 radical (unpaired) electrons. The summed E-state index contributed by atoms with van der Waals surface area (Å²) < 4.78 is 17.2. The third kappa shape index (κ3) is 4.44. The summed E-state index contributed by atoms with van der Waals surface area (Å²) in [6.07, 6.45) is 0.796. The molecule has 3 aromatic rings. The van der Waals surface area contributed by atoms with Crippen molar-refractivity contribution in [2.45, 2.75) is 13.0 Å². The fourth-order valence-electron chi connectivity index (χ4n) is 3.96. The van der Waals surface area contributed by atoms with E-state index in [1.54, 1.807) is 7.11 Å². The molecule has 4 rings (SSSR count). The van der Waals surface area contributed by atoms with Crippen LogP contribution in [0.4, 0.5) is 11.5 Å². The predicted octanol–water partition coefficient (Wildman–Crippen LogP) is 4.18. The van der Waals surface area contributed by atoms with Gasteiger partial charge in [0.15, 0.2) is 0 Å². The molecule has 162 valence electrons. The Bertz CT molecular complexity index is 1110. The topological polar surface area (TPSA) is 64.5 Å². The summed E-state index contributed by atoms with van der Waals surface area (Å²) in [4.78, 5) is 13.6. The molecule has 0 amide bonds. The van der Waals surface area contributed by atoms with E-state index in [0.29, 0.717) is 24.9 Å². The summed E-state index contributed by atoms with van der Waals surface area (Å²) in [5.74, 6) is 1.33. The van der Waals surface area contributed by atoms with Crippen LogP contribution in [0.2, 0.25) is 5.02 Å². The van der Waals surface area contributed by atoms with Gasteiger partial charge < -0.3 is 19.1 Å². The highest BCUT2D eigenvalue weighted by atomic mass is 35.5. The fraction of sp³-hybridized carbons (Fsp3) is 0.304.